The van der Waals surface area contributed by atoms with Crippen molar-refractivity contribution in [2.45, 2.75) is 6.54 Å². The Labute approximate surface area is 199 Å². The Balaban J connectivity index is 1.50. The van der Waals surface area contributed by atoms with Gasteiger partial charge in [0.1, 0.15) is 12.3 Å². The number of carbonyl (C=O) groups is 2. The highest BCUT2D eigenvalue weighted by Crippen LogP contribution is 2.22. The standard InChI is InChI=1S/C23H23IN4O4/c1-31-21-12-16(6-7-19(21)24)23(30)26-25-13-17-14-28(20-5-3-2-4-18(17)20)15-22(29)27-8-10-32-11-9-27/h2-7,12-14H,8-11,15H2,1H3,(H,26,30)/b25-13-. The lowest BCUT2D eigenvalue weighted by Crippen LogP contribution is -2.42. The van der Waals surface area contributed by atoms with Crippen LogP contribution in [0.25, 0.3) is 10.9 Å². The predicted octanol–water partition coefficient (Wildman–Crippen LogP) is 2.88. The summed E-state index contributed by atoms with van der Waals surface area (Å²) in [5.74, 6) is 0.357. The zero-order chi connectivity index (χ0) is 22.5. The van der Waals surface area contributed by atoms with Crippen LogP contribution in [0.3, 0.4) is 0 Å². The van der Waals surface area contributed by atoms with E-state index < -0.39 is 0 Å². The zero-order valence-electron chi connectivity index (χ0n) is 17.6. The van der Waals surface area contributed by atoms with Gasteiger partial charge in [-0.1, -0.05) is 18.2 Å². The number of hydrogen-bond donors (Lipinski definition) is 1. The minimum absolute atomic E-state index is 0.0542. The Morgan fingerprint density at radius 1 is 1.22 bits per heavy atom. The number of rotatable bonds is 6. The van der Waals surface area contributed by atoms with Crippen molar-refractivity contribution in [1.82, 2.24) is 14.9 Å². The van der Waals surface area contributed by atoms with Gasteiger partial charge in [-0.2, -0.15) is 5.10 Å². The summed E-state index contributed by atoms with van der Waals surface area (Å²) >= 11 is 2.15. The minimum Gasteiger partial charge on any atom is -0.496 e. The molecule has 1 aliphatic rings. The van der Waals surface area contributed by atoms with Crippen LogP contribution >= 0.6 is 22.6 Å². The molecule has 1 aliphatic heterocycles. The van der Waals surface area contributed by atoms with Crippen molar-refractivity contribution in [3.63, 3.8) is 0 Å². The maximum Gasteiger partial charge on any atom is 0.271 e. The molecule has 4 rings (SSSR count). The molecule has 2 heterocycles. The molecule has 0 saturated carbocycles. The van der Waals surface area contributed by atoms with Gasteiger partial charge in [-0.3, -0.25) is 9.59 Å². The third kappa shape index (κ3) is 4.94. The lowest BCUT2D eigenvalue weighted by molar-refractivity contribution is -0.135. The van der Waals surface area contributed by atoms with Crippen molar-refractivity contribution < 1.29 is 19.1 Å². The summed E-state index contributed by atoms with van der Waals surface area (Å²) in [7, 11) is 1.57. The molecule has 0 unspecified atom stereocenters. The molecule has 0 aliphatic carbocycles. The first kappa shape index (κ1) is 22.3. The van der Waals surface area contributed by atoms with Gasteiger partial charge < -0.3 is 18.9 Å². The summed E-state index contributed by atoms with van der Waals surface area (Å²) in [4.78, 5) is 27.0. The van der Waals surface area contributed by atoms with Crippen molar-refractivity contribution in [1.29, 1.82) is 0 Å². The average molecular weight is 546 g/mol. The van der Waals surface area contributed by atoms with Gasteiger partial charge in [0.05, 0.1) is 30.1 Å². The monoisotopic (exact) mass is 546 g/mol. The molecule has 1 saturated heterocycles. The van der Waals surface area contributed by atoms with E-state index in [1.807, 2.05) is 46.0 Å². The number of aromatic nitrogens is 1. The van der Waals surface area contributed by atoms with Gasteiger partial charge in [0.2, 0.25) is 5.91 Å². The van der Waals surface area contributed by atoms with Crippen molar-refractivity contribution in [3.8, 4) is 5.75 Å². The van der Waals surface area contributed by atoms with E-state index >= 15 is 0 Å². The maximum atomic E-state index is 12.7. The number of halogens is 1. The van der Waals surface area contributed by atoms with E-state index in [-0.39, 0.29) is 18.4 Å². The number of nitrogens with one attached hydrogen (secondary N) is 1. The van der Waals surface area contributed by atoms with E-state index in [9.17, 15) is 9.59 Å². The van der Waals surface area contributed by atoms with Crippen LogP contribution in [0.15, 0.2) is 53.8 Å². The third-order valence-corrected chi connectivity index (χ3v) is 6.16. The second-order valence-corrected chi connectivity index (χ2v) is 8.43. The highest BCUT2D eigenvalue weighted by atomic mass is 127. The van der Waals surface area contributed by atoms with Gasteiger partial charge in [-0.25, -0.2) is 5.43 Å². The second kappa shape index (κ2) is 10.1. The normalized spacial score (nSPS) is 14.1. The summed E-state index contributed by atoms with van der Waals surface area (Å²) in [5.41, 5.74) is 4.77. The number of hydrogen-bond acceptors (Lipinski definition) is 5. The first-order valence-electron chi connectivity index (χ1n) is 10.2. The van der Waals surface area contributed by atoms with Crippen LogP contribution in [-0.4, -0.2) is 60.9 Å². The summed E-state index contributed by atoms with van der Waals surface area (Å²) in [6, 6.07) is 13.0. The Bertz CT molecular complexity index is 1170. The molecule has 1 N–H and O–H groups in total. The third-order valence-electron chi connectivity index (χ3n) is 5.27. The van der Waals surface area contributed by atoms with Crippen LogP contribution in [-0.2, 0) is 16.1 Å². The minimum atomic E-state index is -0.331. The molecule has 2 aromatic carbocycles. The zero-order valence-corrected chi connectivity index (χ0v) is 19.7. The molecule has 8 nitrogen and oxygen atoms in total. The highest BCUT2D eigenvalue weighted by Gasteiger charge is 2.18. The highest BCUT2D eigenvalue weighted by molar-refractivity contribution is 14.1. The molecule has 166 valence electrons. The Kier molecular flexibility index (Phi) is 7.05. The molecule has 2 amide bonds. The molecule has 0 atom stereocenters. The van der Waals surface area contributed by atoms with Crippen LogP contribution in [0.1, 0.15) is 15.9 Å². The lowest BCUT2D eigenvalue weighted by Gasteiger charge is -2.27. The Morgan fingerprint density at radius 3 is 2.78 bits per heavy atom. The first-order chi connectivity index (χ1) is 15.6. The fraction of sp³-hybridized carbons (Fsp3) is 0.261. The molecule has 9 heteroatoms. The SMILES string of the molecule is COc1cc(C(=O)N/N=C\c2cn(CC(=O)N3CCOCC3)c3ccccc23)ccc1I. The number of fused-ring (bicyclic) bond motifs is 1. The van der Waals surface area contributed by atoms with Gasteiger partial charge in [0, 0.05) is 41.3 Å². The van der Waals surface area contributed by atoms with E-state index in [4.69, 9.17) is 9.47 Å². The smallest absolute Gasteiger partial charge is 0.271 e. The fourth-order valence-electron chi connectivity index (χ4n) is 3.59. The number of carbonyl (C=O) groups excluding carboxylic acids is 2. The van der Waals surface area contributed by atoms with Crippen LogP contribution in [0.5, 0.6) is 5.75 Å². The molecule has 0 bridgehead atoms. The Hall–Kier alpha value is -2.92. The molecule has 1 fully saturated rings. The summed E-state index contributed by atoms with van der Waals surface area (Å²) in [6.45, 7) is 2.61. The van der Waals surface area contributed by atoms with Crippen LogP contribution in [0.2, 0.25) is 0 Å². The lowest BCUT2D eigenvalue weighted by atomic mass is 10.2. The van der Waals surface area contributed by atoms with E-state index in [2.05, 4.69) is 33.1 Å². The van der Waals surface area contributed by atoms with Crippen LogP contribution < -0.4 is 10.2 Å². The van der Waals surface area contributed by atoms with Crippen molar-refractivity contribution >= 4 is 51.5 Å². The molecule has 32 heavy (non-hydrogen) atoms. The maximum absolute atomic E-state index is 12.7. The molecule has 0 radical (unpaired) electrons. The van der Waals surface area contributed by atoms with E-state index in [1.54, 1.807) is 25.5 Å². The van der Waals surface area contributed by atoms with E-state index in [0.717, 1.165) is 20.0 Å². The predicted molar refractivity (Wildman–Crippen MR) is 130 cm³/mol. The number of ether oxygens (including phenoxy) is 2. The average Bonchev–Trinajstić information content (AvgIpc) is 3.17. The molecule has 1 aromatic heterocycles. The first-order valence-corrected chi connectivity index (χ1v) is 11.2. The number of benzene rings is 2. The summed E-state index contributed by atoms with van der Waals surface area (Å²) < 4.78 is 13.4. The van der Waals surface area contributed by atoms with Gasteiger partial charge in [-0.15, -0.1) is 0 Å². The van der Waals surface area contributed by atoms with Crippen molar-refractivity contribution in [2.24, 2.45) is 5.10 Å². The second-order valence-electron chi connectivity index (χ2n) is 7.27. The van der Waals surface area contributed by atoms with Crippen molar-refractivity contribution in [3.05, 3.63) is 63.4 Å². The summed E-state index contributed by atoms with van der Waals surface area (Å²) in [6.07, 6.45) is 3.48. The van der Waals surface area contributed by atoms with E-state index in [1.165, 1.54) is 0 Å². The fourth-order valence-corrected chi connectivity index (χ4v) is 4.15. The Morgan fingerprint density at radius 2 is 2.00 bits per heavy atom. The topological polar surface area (TPSA) is 85.2 Å². The number of nitrogens with zero attached hydrogens (tertiary/aromatic N) is 3. The number of amides is 2. The van der Waals surface area contributed by atoms with Crippen LogP contribution in [0, 0.1) is 3.57 Å². The quantitative estimate of drug-likeness (QED) is 0.293. The number of para-hydroxylation sites is 1. The summed E-state index contributed by atoms with van der Waals surface area (Å²) in [5, 5.41) is 5.09. The largest absolute Gasteiger partial charge is 0.496 e. The van der Waals surface area contributed by atoms with Crippen molar-refractivity contribution in [2.75, 3.05) is 33.4 Å². The molecule has 3 aromatic rings. The van der Waals surface area contributed by atoms with Gasteiger partial charge in [0.25, 0.3) is 5.91 Å². The molecular weight excluding hydrogens is 523 g/mol. The number of morpholine rings is 1. The van der Waals surface area contributed by atoms with Gasteiger partial charge in [0.15, 0.2) is 0 Å². The van der Waals surface area contributed by atoms with Gasteiger partial charge in [-0.05, 0) is 46.9 Å². The molecular formula is C23H23IN4O4. The van der Waals surface area contributed by atoms with E-state index in [0.29, 0.717) is 37.6 Å². The number of hydrazone groups is 1. The number of methoxy groups -OCH3 is 1. The van der Waals surface area contributed by atoms with Crippen LogP contribution in [0.4, 0.5) is 0 Å². The van der Waals surface area contributed by atoms with Gasteiger partial charge >= 0.3 is 0 Å². The molecule has 0 spiro atoms.